The molecular formula is C45H47N4O+. The average Bonchev–Trinajstić information content (AvgIpc) is 3.70. The lowest BCUT2D eigenvalue weighted by Crippen LogP contribution is -2.32. The average molecular weight is 660 g/mol. The molecule has 0 aliphatic carbocycles. The van der Waals surface area contributed by atoms with Gasteiger partial charge in [-0.25, -0.2) is 4.68 Å². The molecule has 0 atom stereocenters. The summed E-state index contributed by atoms with van der Waals surface area (Å²) in [6, 6.07) is 36.2. The number of rotatable bonds is 6. The predicted molar refractivity (Wildman–Crippen MR) is 205 cm³/mol. The summed E-state index contributed by atoms with van der Waals surface area (Å²) in [7, 11) is 0. The molecule has 0 fully saturated rings. The van der Waals surface area contributed by atoms with Crippen LogP contribution >= 0.6 is 0 Å². The third-order valence-electron chi connectivity index (χ3n) is 9.47. The Kier molecular flexibility index (Phi) is 8.26. The Bertz CT molecular complexity index is 2320. The van der Waals surface area contributed by atoms with Gasteiger partial charge in [0.2, 0.25) is 0 Å². The van der Waals surface area contributed by atoms with Crippen molar-refractivity contribution in [3.63, 3.8) is 0 Å². The van der Waals surface area contributed by atoms with Gasteiger partial charge < -0.3 is 4.74 Å². The molecule has 252 valence electrons. The van der Waals surface area contributed by atoms with E-state index in [4.69, 9.17) is 4.74 Å². The van der Waals surface area contributed by atoms with Crippen molar-refractivity contribution < 1.29 is 9.30 Å². The van der Waals surface area contributed by atoms with E-state index >= 15 is 0 Å². The summed E-state index contributed by atoms with van der Waals surface area (Å²) >= 11 is 0. The van der Waals surface area contributed by atoms with E-state index in [2.05, 4.69) is 144 Å². The fourth-order valence-corrected chi connectivity index (χ4v) is 6.99. The van der Waals surface area contributed by atoms with Crippen molar-refractivity contribution in [2.75, 3.05) is 0 Å². The highest BCUT2D eigenvalue weighted by Crippen LogP contribution is 2.37. The van der Waals surface area contributed by atoms with Gasteiger partial charge in [0.1, 0.15) is 22.9 Å². The molecule has 0 spiro atoms. The molecule has 5 nitrogen and oxygen atoms in total. The normalized spacial score (nSPS) is 12.1. The van der Waals surface area contributed by atoms with Crippen LogP contribution < -0.4 is 9.30 Å². The van der Waals surface area contributed by atoms with Crippen LogP contribution in [0.2, 0.25) is 0 Å². The first-order valence-corrected chi connectivity index (χ1v) is 17.4. The molecular weight excluding hydrogens is 613 g/mol. The summed E-state index contributed by atoms with van der Waals surface area (Å²) in [4.78, 5) is 0. The maximum atomic E-state index is 6.55. The highest BCUT2D eigenvalue weighted by molar-refractivity contribution is 5.81. The minimum absolute atomic E-state index is 0.00688. The standard InChI is InChI=1S/C45H47N4O/c1-30-21-31(2)42(32(3)22-30)48-29-47(43-40(45(7,8)9)23-35(24-41(43)48)44(4,5)6)36-17-13-19-38(25-36)50-39-20-14-18-37(26-39)49-28-34(27-46-49)33-15-11-10-12-16-33/h10-29H,1-9H3/q+1. The van der Waals surface area contributed by atoms with E-state index in [1.54, 1.807) is 0 Å². The van der Waals surface area contributed by atoms with Crippen molar-refractivity contribution >= 4 is 11.0 Å². The molecule has 0 bridgehead atoms. The Morgan fingerprint density at radius 3 is 1.92 bits per heavy atom. The molecule has 2 heterocycles. The third-order valence-corrected chi connectivity index (χ3v) is 9.47. The minimum Gasteiger partial charge on any atom is -0.457 e. The van der Waals surface area contributed by atoms with Crippen molar-refractivity contribution in [3.05, 3.63) is 150 Å². The van der Waals surface area contributed by atoms with Crippen molar-refractivity contribution in [2.24, 2.45) is 0 Å². The highest BCUT2D eigenvalue weighted by atomic mass is 16.5. The van der Waals surface area contributed by atoms with Crippen LogP contribution in [0.15, 0.2) is 122 Å². The van der Waals surface area contributed by atoms with E-state index in [0.29, 0.717) is 0 Å². The second-order valence-electron chi connectivity index (χ2n) is 15.6. The van der Waals surface area contributed by atoms with Crippen LogP contribution in [0.25, 0.3) is 39.2 Å². The molecule has 5 heteroatoms. The Balaban J connectivity index is 1.33. The molecule has 0 aliphatic rings. The number of aromatic nitrogens is 4. The lowest BCUT2D eigenvalue weighted by Gasteiger charge is -2.25. The van der Waals surface area contributed by atoms with E-state index in [0.717, 1.165) is 34.0 Å². The van der Waals surface area contributed by atoms with Crippen LogP contribution in [0.4, 0.5) is 0 Å². The van der Waals surface area contributed by atoms with Crippen LogP contribution in [-0.4, -0.2) is 14.3 Å². The topological polar surface area (TPSA) is 35.9 Å². The Morgan fingerprint density at radius 1 is 0.640 bits per heavy atom. The Morgan fingerprint density at radius 2 is 1.28 bits per heavy atom. The molecule has 0 saturated heterocycles. The first kappa shape index (κ1) is 33.1. The van der Waals surface area contributed by atoms with E-state index in [-0.39, 0.29) is 10.8 Å². The number of fused-ring (bicyclic) bond motifs is 1. The second kappa shape index (κ2) is 12.5. The molecule has 0 saturated carbocycles. The maximum absolute atomic E-state index is 6.55. The molecule has 0 aliphatic heterocycles. The maximum Gasteiger partial charge on any atom is 0.255 e. The summed E-state index contributed by atoms with van der Waals surface area (Å²) in [6.45, 7) is 20.5. The van der Waals surface area contributed by atoms with Gasteiger partial charge in [-0.3, -0.25) is 0 Å². The lowest BCUT2D eigenvalue weighted by atomic mass is 9.80. The quantitative estimate of drug-likeness (QED) is 0.167. The van der Waals surface area contributed by atoms with Gasteiger partial charge in [0.15, 0.2) is 11.0 Å². The monoisotopic (exact) mass is 659 g/mol. The van der Waals surface area contributed by atoms with Gasteiger partial charge in [-0.15, -0.1) is 0 Å². The largest absolute Gasteiger partial charge is 0.457 e. The van der Waals surface area contributed by atoms with E-state index < -0.39 is 0 Å². The van der Waals surface area contributed by atoms with E-state index in [1.807, 2.05) is 59.4 Å². The fraction of sp³-hybridized carbons (Fsp3) is 0.244. The van der Waals surface area contributed by atoms with Gasteiger partial charge in [-0.1, -0.05) is 108 Å². The van der Waals surface area contributed by atoms with Gasteiger partial charge in [-0.05, 0) is 84.2 Å². The number of hydrogen-bond donors (Lipinski definition) is 0. The van der Waals surface area contributed by atoms with Gasteiger partial charge in [0.25, 0.3) is 6.33 Å². The molecule has 50 heavy (non-hydrogen) atoms. The zero-order valence-corrected chi connectivity index (χ0v) is 30.7. The van der Waals surface area contributed by atoms with E-state index in [1.165, 1.54) is 44.5 Å². The van der Waals surface area contributed by atoms with Crippen LogP contribution in [0.5, 0.6) is 11.5 Å². The van der Waals surface area contributed by atoms with Crippen LogP contribution in [0, 0.1) is 20.8 Å². The summed E-state index contributed by atoms with van der Waals surface area (Å²) in [5.74, 6) is 1.52. The second-order valence-corrected chi connectivity index (χ2v) is 15.6. The van der Waals surface area contributed by atoms with Crippen LogP contribution in [0.3, 0.4) is 0 Å². The number of nitrogens with zero attached hydrogens (tertiary/aromatic N) is 4. The first-order chi connectivity index (χ1) is 23.8. The number of hydrogen-bond acceptors (Lipinski definition) is 2. The van der Waals surface area contributed by atoms with Crippen molar-refractivity contribution in [3.8, 4) is 39.7 Å². The molecule has 0 unspecified atom stereocenters. The molecule has 0 amide bonds. The SMILES string of the molecule is Cc1cc(C)c(-[n+]2cn(-c3cccc(Oc4cccc(-n5cc(-c6ccccc6)cn5)c4)c3)c3c(C(C)(C)C)cc(C(C)(C)C)cc32)c(C)c1. The Labute approximate surface area is 296 Å². The van der Waals surface area contributed by atoms with Crippen molar-refractivity contribution in [1.82, 2.24) is 14.3 Å². The van der Waals surface area contributed by atoms with Crippen molar-refractivity contribution in [2.45, 2.75) is 73.1 Å². The summed E-state index contributed by atoms with van der Waals surface area (Å²) in [6.07, 6.45) is 6.21. The van der Waals surface area contributed by atoms with Crippen LogP contribution in [-0.2, 0) is 10.8 Å². The highest BCUT2D eigenvalue weighted by Gasteiger charge is 2.31. The molecule has 2 aromatic heterocycles. The van der Waals surface area contributed by atoms with Gasteiger partial charge in [-0.2, -0.15) is 14.2 Å². The third kappa shape index (κ3) is 6.36. The van der Waals surface area contributed by atoms with E-state index in [9.17, 15) is 0 Å². The number of benzene rings is 5. The molecule has 5 aromatic carbocycles. The predicted octanol–water partition coefficient (Wildman–Crippen LogP) is 11.1. The summed E-state index contributed by atoms with van der Waals surface area (Å²) < 4.78 is 13.2. The number of imidazole rings is 1. The summed E-state index contributed by atoms with van der Waals surface area (Å²) in [5, 5.41) is 4.64. The minimum atomic E-state index is -0.0910. The first-order valence-electron chi connectivity index (χ1n) is 17.4. The van der Waals surface area contributed by atoms with Gasteiger partial charge >= 0.3 is 0 Å². The zero-order valence-electron chi connectivity index (χ0n) is 30.7. The Hall–Kier alpha value is -5.42. The zero-order chi connectivity index (χ0) is 35.4. The number of ether oxygens (including phenoxy) is 1. The molecule has 0 radical (unpaired) electrons. The molecule has 7 aromatic rings. The molecule has 0 N–H and O–H groups in total. The summed E-state index contributed by atoms with van der Waals surface area (Å²) in [5.41, 5.74) is 14.2. The lowest BCUT2D eigenvalue weighted by molar-refractivity contribution is -0.568. The van der Waals surface area contributed by atoms with Gasteiger partial charge in [0, 0.05) is 29.5 Å². The molecule has 7 rings (SSSR count). The van der Waals surface area contributed by atoms with Gasteiger partial charge in [0.05, 0.1) is 11.9 Å². The number of aryl methyl sites for hydroxylation is 3. The van der Waals surface area contributed by atoms with Crippen LogP contribution in [0.1, 0.15) is 69.4 Å². The fourth-order valence-electron chi connectivity index (χ4n) is 6.99. The smallest absolute Gasteiger partial charge is 0.255 e. The van der Waals surface area contributed by atoms with Crippen molar-refractivity contribution in [1.29, 1.82) is 0 Å².